The van der Waals surface area contributed by atoms with E-state index in [1.165, 1.54) is 39.2 Å². The van der Waals surface area contributed by atoms with Crippen molar-refractivity contribution in [2.24, 2.45) is 11.8 Å². The molecule has 1 unspecified atom stereocenters. The lowest BCUT2D eigenvalue weighted by molar-refractivity contribution is -0.147. The highest BCUT2D eigenvalue weighted by atomic mass is 32.1. The van der Waals surface area contributed by atoms with Crippen molar-refractivity contribution in [1.29, 1.82) is 0 Å². The quantitative estimate of drug-likeness (QED) is 0.194. The molecule has 12 nitrogen and oxygen atoms in total. The Balaban J connectivity index is 1.10. The van der Waals surface area contributed by atoms with Crippen LogP contribution >= 0.6 is 11.5 Å². The van der Waals surface area contributed by atoms with E-state index < -0.39 is 0 Å². The zero-order chi connectivity index (χ0) is 29.5. The molecule has 1 aliphatic heterocycles. The maximum Gasteiger partial charge on any atom is 0.329 e. The summed E-state index contributed by atoms with van der Waals surface area (Å²) in [6.45, 7) is 3.80. The number of nitrogens with zero attached hydrogens (tertiary/aromatic N) is 7. The van der Waals surface area contributed by atoms with E-state index in [4.69, 9.17) is 9.47 Å². The summed E-state index contributed by atoms with van der Waals surface area (Å²) in [5, 5.41) is 4.22. The van der Waals surface area contributed by atoms with Gasteiger partial charge in [0.2, 0.25) is 5.13 Å². The number of methoxy groups -OCH3 is 1. The molecule has 0 bridgehead atoms. The molecule has 3 aromatic rings. The Morgan fingerprint density at radius 3 is 2.55 bits per heavy atom. The van der Waals surface area contributed by atoms with Gasteiger partial charge in [-0.2, -0.15) is 4.98 Å². The summed E-state index contributed by atoms with van der Waals surface area (Å²) in [4.78, 5) is 42.5. The Morgan fingerprint density at radius 2 is 1.83 bits per heavy atom. The maximum atomic E-state index is 12.8. The largest absolute Gasteiger partial charge is 0.466 e. The third kappa shape index (κ3) is 7.11. The molecule has 1 N–H and O–H groups in total. The van der Waals surface area contributed by atoms with Crippen LogP contribution in [0.25, 0.3) is 11.0 Å². The first-order chi connectivity index (χ1) is 20.5. The molecule has 1 aliphatic carbocycles. The van der Waals surface area contributed by atoms with Crippen LogP contribution in [0.15, 0.2) is 18.6 Å². The van der Waals surface area contributed by atoms with Gasteiger partial charge in [0.25, 0.3) is 0 Å². The van der Waals surface area contributed by atoms with E-state index in [2.05, 4.69) is 43.5 Å². The van der Waals surface area contributed by atoms with Gasteiger partial charge in [-0.1, -0.05) is 45.4 Å². The second kappa shape index (κ2) is 14.1. The van der Waals surface area contributed by atoms with Crippen molar-refractivity contribution < 1.29 is 19.1 Å². The van der Waals surface area contributed by atoms with E-state index in [9.17, 15) is 9.59 Å². The van der Waals surface area contributed by atoms with Crippen molar-refractivity contribution in [3.8, 4) is 6.01 Å². The molecule has 4 heterocycles. The summed E-state index contributed by atoms with van der Waals surface area (Å²) in [6, 6.07) is 2.43. The molecule has 5 rings (SSSR count). The molecule has 2 amide bonds. The minimum Gasteiger partial charge on any atom is -0.466 e. The number of carbonyl (C=O) groups excluding carboxylic acids is 2. The van der Waals surface area contributed by atoms with Gasteiger partial charge in [0.1, 0.15) is 17.8 Å². The van der Waals surface area contributed by atoms with Crippen LogP contribution in [-0.4, -0.2) is 74.1 Å². The minimum atomic E-state index is -0.167. The molecule has 3 atom stereocenters. The Labute approximate surface area is 251 Å². The molecular weight excluding hydrogens is 556 g/mol. The second-order valence-corrected chi connectivity index (χ2v) is 12.2. The van der Waals surface area contributed by atoms with E-state index in [0.717, 1.165) is 67.2 Å². The average molecular weight is 599 g/mol. The fraction of sp³-hybridized carbons (Fsp3) is 0.655. The number of hydrogen-bond donors (Lipinski definition) is 1. The summed E-state index contributed by atoms with van der Waals surface area (Å²) in [5.74, 6) is 1.58. The van der Waals surface area contributed by atoms with Crippen molar-refractivity contribution in [2.45, 2.75) is 83.9 Å². The molecule has 13 heteroatoms. The number of nitrogens with one attached hydrogen (secondary N) is 1. The Kier molecular flexibility index (Phi) is 10.1. The number of urea groups is 1. The molecule has 0 radical (unpaired) electrons. The lowest BCUT2D eigenvalue weighted by Crippen LogP contribution is -2.36. The van der Waals surface area contributed by atoms with Crippen molar-refractivity contribution in [3.63, 3.8) is 0 Å². The summed E-state index contributed by atoms with van der Waals surface area (Å²) >= 11 is 1.11. The number of likely N-dealkylation sites (tertiary alicyclic amines) is 1. The van der Waals surface area contributed by atoms with Gasteiger partial charge in [-0.3, -0.25) is 14.7 Å². The zero-order valence-corrected chi connectivity index (χ0v) is 25.6. The first kappa shape index (κ1) is 30.0. The molecule has 0 spiro atoms. The summed E-state index contributed by atoms with van der Waals surface area (Å²) in [6.07, 6.45) is 14.1. The third-order valence-corrected chi connectivity index (χ3v) is 9.20. The van der Waals surface area contributed by atoms with Crippen molar-refractivity contribution >= 4 is 45.5 Å². The van der Waals surface area contributed by atoms with Gasteiger partial charge < -0.3 is 19.3 Å². The number of ether oxygens (including phenoxy) is 2. The highest BCUT2D eigenvalue weighted by Crippen LogP contribution is 2.41. The monoisotopic (exact) mass is 598 g/mol. The number of esters is 1. The zero-order valence-electron chi connectivity index (χ0n) is 24.8. The van der Waals surface area contributed by atoms with Gasteiger partial charge in [-0.05, 0) is 37.2 Å². The van der Waals surface area contributed by atoms with Crippen molar-refractivity contribution in [1.82, 2.24) is 28.8 Å². The van der Waals surface area contributed by atoms with Gasteiger partial charge in [0, 0.05) is 50.3 Å². The van der Waals surface area contributed by atoms with E-state index in [1.807, 2.05) is 21.7 Å². The minimum absolute atomic E-state index is 0.143. The first-order valence-electron chi connectivity index (χ1n) is 15.1. The standard InChI is InChI=1S/C29H42N8O4S/c1-4-5-6-7-8-9-10-11-24(38)41-19-36-13-12-23-25(30-18-31-26(23)36)35(2)22-14-20-16-37(17-21(20)15-22)29(39)33-28-32-27(40-3)34-42-28/h12-13,18,20-22H,4-11,14-17,19H2,1-3H3,(H,32,33,34,39)/t20-,21+,22?. The fourth-order valence-corrected chi connectivity index (χ4v) is 6.78. The molecule has 2 fully saturated rings. The number of rotatable bonds is 14. The predicted molar refractivity (Wildman–Crippen MR) is 162 cm³/mol. The average Bonchev–Trinajstić information content (AvgIpc) is 3.78. The Morgan fingerprint density at radius 1 is 1.10 bits per heavy atom. The van der Waals surface area contributed by atoms with Crippen LogP contribution in [0.4, 0.5) is 15.7 Å². The highest BCUT2D eigenvalue weighted by Gasteiger charge is 2.44. The summed E-state index contributed by atoms with van der Waals surface area (Å²) in [7, 11) is 3.58. The fourth-order valence-electron chi connectivity index (χ4n) is 6.25. The SMILES string of the molecule is CCCCCCCCCC(=O)OCn1ccc2c(N(C)C3C[C@@H]4CN(C(=O)Nc5nc(OC)ns5)C[C@@H]4C3)ncnc21. The van der Waals surface area contributed by atoms with Crippen molar-refractivity contribution in [3.05, 3.63) is 18.6 Å². The van der Waals surface area contributed by atoms with Gasteiger partial charge in [-0.25, -0.2) is 14.8 Å². The van der Waals surface area contributed by atoms with E-state index in [-0.39, 0.29) is 24.7 Å². The second-order valence-electron chi connectivity index (χ2n) is 11.4. The molecule has 2 aliphatic rings. The van der Waals surface area contributed by atoms with Crippen LogP contribution < -0.4 is 15.0 Å². The molecule has 1 saturated carbocycles. The van der Waals surface area contributed by atoms with Gasteiger partial charge >= 0.3 is 18.0 Å². The smallest absolute Gasteiger partial charge is 0.329 e. The summed E-state index contributed by atoms with van der Waals surface area (Å²) < 4.78 is 16.5. The molecule has 228 valence electrons. The van der Waals surface area contributed by atoms with E-state index in [0.29, 0.717) is 29.4 Å². The molecular formula is C29H42N8O4S. The van der Waals surface area contributed by atoms with E-state index >= 15 is 0 Å². The van der Waals surface area contributed by atoms with Gasteiger partial charge in [-0.15, -0.1) is 4.37 Å². The number of fused-ring (bicyclic) bond motifs is 2. The highest BCUT2D eigenvalue weighted by molar-refractivity contribution is 7.10. The molecule has 3 aromatic heterocycles. The van der Waals surface area contributed by atoms with Crippen LogP contribution in [0, 0.1) is 11.8 Å². The first-order valence-corrected chi connectivity index (χ1v) is 15.9. The van der Waals surface area contributed by atoms with E-state index in [1.54, 1.807) is 6.33 Å². The van der Waals surface area contributed by atoms with Crippen LogP contribution in [0.3, 0.4) is 0 Å². The maximum absolute atomic E-state index is 12.8. The number of anilines is 2. The van der Waals surface area contributed by atoms with Crippen LogP contribution in [0.2, 0.25) is 0 Å². The van der Waals surface area contributed by atoms with Crippen LogP contribution in [0.5, 0.6) is 6.01 Å². The van der Waals surface area contributed by atoms with Gasteiger partial charge in [0.15, 0.2) is 6.73 Å². The molecule has 42 heavy (non-hydrogen) atoms. The topological polar surface area (TPSA) is 128 Å². The number of aromatic nitrogens is 5. The lowest BCUT2D eigenvalue weighted by Gasteiger charge is -2.28. The number of amides is 2. The number of hydrogen-bond acceptors (Lipinski definition) is 10. The number of carbonyl (C=O) groups is 2. The number of unbranched alkanes of at least 4 members (excludes halogenated alkanes) is 6. The third-order valence-electron chi connectivity index (χ3n) is 8.58. The normalized spacial score (nSPS) is 19.7. The molecule has 1 saturated heterocycles. The lowest BCUT2D eigenvalue weighted by atomic mass is 10.0. The van der Waals surface area contributed by atoms with Crippen LogP contribution in [0.1, 0.15) is 71.1 Å². The van der Waals surface area contributed by atoms with Gasteiger partial charge in [0.05, 0.1) is 12.5 Å². The Bertz CT molecular complexity index is 1330. The predicted octanol–water partition coefficient (Wildman–Crippen LogP) is 5.31. The summed E-state index contributed by atoms with van der Waals surface area (Å²) in [5.41, 5.74) is 0.755. The van der Waals surface area contributed by atoms with Crippen LogP contribution in [-0.2, 0) is 16.3 Å². The Hall–Kier alpha value is -3.48. The molecule has 0 aromatic carbocycles. The van der Waals surface area contributed by atoms with Crippen molar-refractivity contribution in [2.75, 3.05) is 37.5 Å².